The zero-order valence-corrected chi connectivity index (χ0v) is 12.6. The second-order valence-corrected chi connectivity index (χ2v) is 5.77. The summed E-state index contributed by atoms with van der Waals surface area (Å²) in [5.74, 6) is -0.916. The average Bonchev–Trinajstić information content (AvgIpc) is 2.60. The summed E-state index contributed by atoms with van der Waals surface area (Å²) >= 11 is 1.37. The van der Waals surface area contributed by atoms with E-state index in [9.17, 15) is 14.4 Å². The maximum atomic E-state index is 11.8. The summed E-state index contributed by atoms with van der Waals surface area (Å²) in [6.45, 7) is 1.07. The number of thioether (sulfide) groups is 1. The van der Waals surface area contributed by atoms with Crippen LogP contribution in [0.4, 0.5) is 0 Å². The Bertz CT molecular complexity index is 362. The van der Waals surface area contributed by atoms with Gasteiger partial charge in [-0.25, -0.2) is 4.79 Å². The molecule has 1 heterocycles. The van der Waals surface area contributed by atoms with Gasteiger partial charge < -0.3 is 15.3 Å². The number of carbonyl (C=O) groups excluding carboxylic acids is 2. The number of aliphatic carboxylic acids is 1. The van der Waals surface area contributed by atoms with Crippen LogP contribution in [0.5, 0.6) is 0 Å². The Morgan fingerprint density at radius 1 is 1.40 bits per heavy atom. The molecule has 1 unspecified atom stereocenters. The normalized spacial score (nSPS) is 17.4. The Kier molecular flexibility index (Phi) is 7.43. The fourth-order valence-corrected chi connectivity index (χ4v) is 2.68. The first-order valence-electron chi connectivity index (χ1n) is 6.83. The number of amides is 2. The lowest BCUT2D eigenvalue weighted by atomic mass is 10.2. The van der Waals surface area contributed by atoms with Crippen LogP contribution >= 0.6 is 11.8 Å². The van der Waals surface area contributed by atoms with Gasteiger partial charge in [-0.2, -0.15) is 11.8 Å². The summed E-state index contributed by atoms with van der Waals surface area (Å²) < 4.78 is 0. The smallest absolute Gasteiger partial charge is 0.327 e. The van der Waals surface area contributed by atoms with Crippen molar-refractivity contribution in [1.29, 1.82) is 0 Å². The maximum Gasteiger partial charge on any atom is 0.327 e. The lowest BCUT2D eigenvalue weighted by molar-refractivity contribution is -0.141. The van der Waals surface area contributed by atoms with E-state index >= 15 is 0 Å². The molecule has 0 spiro atoms. The molecule has 0 aliphatic carbocycles. The fraction of sp³-hybridized carbons (Fsp3) is 0.769. The van der Waals surface area contributed by atoms with Crippen molar-refractivity contribution in [2.75, 3.05) is 25.1 Å². The van der Waals surface area contributed by atoms with Crippen molar-refractivity contribution in [1.82, 2.24) is 10.2 Å². The molecule has 1 rings (SSSR count). The molecule has 0 saturated carbocycles. The van der Waals surface area contributed by atoms with E-state index in [1.165, 1.54) is 11.8 Å². The van der Waals surface area contributed by atoms with E-state index in [4.69, 9.17) is 5.11 Å². The Morgan fingerprint density at radius 2 is 2.15 bits per heavy atom. The molecule has 7 heteroatoms. The van der Waals surface area contributed by atoms with E-state index in [1.54, 1.807) is 11.2 Å². The van der Waals surface area contributed by atoms with Crippen molar-refractivity contribution in [2.24, 2.45) is 0 Å². The van der Waals surface area contributed by atoms with Crippen molar-refractivity contribution >= 4 is 29.5 Å². The number of likely N-dealkylation sites (tertiary alicyclic amines) is 1. The predicted octanol–water partition coefficient (Wildman–Crippen LogP) is 0.711. The largest absolute Gasteiger partial charge is 0.480 e. The van der Waals surface area contributed by atoms with Crippen LogP contribution in [0.3, 0.4) is 0 Å². The molecule has 1 saturated heterocycles. The first-order valence-corrected chi connectivity index (χ1v) is 8.23. The van der Waals surface area contributed by atoms with Gasteiger partial charge in [0.1, 0.15) is 6.04 Å². The van der Waals surface area contributed by atoms with Gasteiger partial charge in [-0.3, -0.25) is 9.59 Å². The van der Waals surface area contributed by atoms with Gasteiger partial charge in [0.2, 0.25) is 11.8 Å². The summed E-state index contributed by atoms with van der Waals surface area (Å²) in [7, 11) is 0. The van der Waals surface area contributed by atoms with Gasteiger partial charge in [-0.1, -0.05) is 6.42 Å². The SMILES string of the molecule is CSCC(NC(=O)CCN1CCCCCC1=O)C(=O)O. The number of rotatable bonds is 7. The highest BCUT2D eigenvalue weighted by atomic mass is 32.2. The molecule has 6 nitrogen and oxygen atoms in total. The lowest BCUT2D eigenvalue weighted by Gasteiger charge is -2.20. The number of carboxylic acid groups (broad SMARTS) is 1. The molecule has 1 aliphatic rings. The molecular weight excluding hydrogens is 280 g/mol. The van der Waals surface area contributed by atoms with Crippen LogP contribution in [0.15, 0.2) is 0 Å². The minimum Gasteiger partial charge on any atom is -0.480 e. The number of nitrogens with zero attached hydrogens (tertiary/aromatic N) is 1. The Balaban J connectivity index is 2.37. The number of nitrogens with one attached hydrogen (secondary N) is 1. The quantitative estimate of drug-likeness (QED) is 0.723. The van der Waals surface area contributed by atoms with Gasteiger partial charge in [0.05, 0.1) is 0 Å². The number of carboxylic acids is 1. The average molecular weight is 302 g/mol. The van der Waals surface area contributed by atoms with Crippen molar-refractivity contribution in [3.05, 3.63) is 0 Å². The zero-order chi connectivity index (χ0) is 15.0. The third-order valence-electron chi connectivity index (χ3n) is 3.25. The van der Waals surface area contributed by atoms with E-state index in [0.717, 1.165) is 19.3 Å². The van der Waals surface area contributed by atoms with E-state index < -0.39 is 12.0 Å². The van der Waals surface area contributed by atoms with E-state index in [2.05, 4.69) is 5.32 Å². The third-order valence-corrected chi connectivity index (χ3v) is 3.91. The highest BCUT2D eigenvalue weighted by molar-refractivity contribution is 7.98. The second kappa shape index (κ2) is 8.84. The molecule has 1 atom stereocenters. The molecule has 1 aliphatic heterocycles. The minimum atomic E-state index is -1.03. The summed E-state index contributed by atoms with van der Waals surface area (Å²) in [6, 6.07) is -0.864. The zero-order valence-electron chi connectivity index (χ0n) is 11.8. The van der Waals surface area contributed by atoms with E-state index in [-0.39, 0.29) is 18.2 Å². The highest BCUT2D eigenvalue weighted by Crippen LogP contribution is 2.11. The van der Waals surface area contributed by atoms with Crippen LogP contribution in [-0.4, -0.2) is 58.9 Å². The molecule has 20 heavy (non-hydrogen) atoms. The van der Waals surface area contributed by atoms with Gasteiger partial charge in [0.25, 0.3) is 0 Å². The maximum absolute atomic E-state index is 11.8. The molecule has 0 aromatic rings. The van der Waals surface area contributed by atoms with Crippen LogP contribution in [0.25, 0.3) is 0 Å². The monoisotopic (exact) mass is 302 g/mol. The fourth-order valence-electron chi connectivity index (χ4n) is 2.12. The lowest BCUT2D eigenvalue weighted by Crippen LogP contribution is -2.44. The predicted molar refractivity (Wildman–Crippen MR) is 77.6 cm³/mol. The van der Waals surface area contributed by atoms with Crippen molar-refractivity contribution in [3.63, 3.8) is 0 Å². The van der Waals surface area contributed by atoms with Gasteiger partial charge >= 0.3 is 5.97 Å². The van der Waals surface area contributed by atoms with Crippen LogP contribution in [0.2, 0.25) is 0 Å². The third kappa shape index (κ3) is 5.81. The molecule has 114 valence electrons. The molecular formula is C13H22N2O4S. The molecule has 2 N–H and O–H groups in total. The summed E-state index contributed by atoms with van der Waals surface area (Å²) in [5.41, 5.74) is 0. The Labute approximate surface area is 123 Å². The van der Waals surface area contributed by atoms with E-state index in [0.29, 0.717) is 25.3 Å². The number of hydrogen-bond donors (Lipinski definition) is 2. The van der Waals surface area contributed by atoms with Crippen molar-refractivity contribution in [2.45, 2.75) is 38.1 Å². The molecule has 0 aromatic carbocycles. The highest BCUT2D eigenvalue weighted by Gasteiger charge is 2.21. The molecule has 1 fully saturated rings. The first kappa shape index (κ1) is 16.8. The standard InChI is InChI=1S/C13H22N2O4S/c1-20-9-10(13(18)19)14-11(16)6-8-15-7-4-2-3-5-12(15)17/h10H,2-9H2,1H3,(H,14,16)(H,18,19). The Morgan fingerprint density at radius 3 is 2.80 bits per heavy atom. The molecule has 2 amide bonds. The molecule has 0 bridgehead atoms. The van der Waals surface area contributed by atoms with Crippen LogP contribution in [0, 0.1) is 0 Å². The second-order valence-electron chi connectivity index (χ2n) is 4.86. The Hall–Kier alpha value is -1.24. The number of carbonyl (C=O) groups is 3. The van der Waals surface area contributed by atoms with Gasteiger partial charge in [-0.15, -0.1) is 0 Å². The van der Waals surface area contributed by atoms with Gasteiger partial charge in [0, 0.05) is 31.7 Å². The van der Waals surface area contributed by atoms with Crippen LogP contribution in [-0.2, 0) is 14.4 Å². The van der Waals surface area contributed by atoms with E-state index in [1.807, 2.05) is 0 Å². The van der Waals surface area contributed by atoms with Gasteiger partial charge in [-0.05, 0) is 19.1 Å². The summed E-state index contributed by atoms with van der Waals surface area (Å²) in [5, 5.41) is 11.4. The molecule has 0 radical (unpaired) electrons. The van der Waals surface area contributed by atoms with Crippen LogP contribution < -0.4 is 5.32 Å². The van der Waals surface area contributed by atoms with Crippen molar-refractivity contribution < 1.29 is 19.5 Å². The molecule has 0 aromatic heterocycles. The number of hydrogen-bond acceptors (Lipinski definition) is 4. The first-order chi connectivity index (χ1) is 9.54. The van der Waals surface area contributed by atoms with Crippen molar-refractivity contribution in [3.8, 4) is 0 Å². The van der Waals surface area contributed by atoms with Gasteiger partial charge in [0.15, 0.2) is 0 Å². The topological polar surface area (TPSA) is 86.7 Å². The summed E-state index contributed by atoms with van der Waals surface area (Å²) in [4.78, 5) is 36.1. The van der Waals surface area contributed by atoms with Crippen LogP contribution in [0.1, 0.15) is 32.1 Å². The summed E-state index contributed by atoms with van der Waals surface area (Å²) in [6.07, 6.45) is 5.42. The minimum absolute atomic E-state index is 0.0919.